The van der Waals surface area contributed by atoms with Crippen molar-refractivity contribution in [3.05, 3.63) is 39.9 Å². The lowest BCUT2D eigenvalue weighted by molar-refractivity contribution is -0.126. The lowest BCUT2D eigenvalue weighted by atomic mass is 9.85. The van der Waals surface area contributed by atoms with E-state index >= 15 is 0 Å². The molecule has 0 spiro atoms. The van der Waals surface area contributed by atoms with E-state index in [0.29, 0.717) is 11.3 Å². The molecule has 0 bridgehead atoms. The minimum Gasteiger partial charge on any atom is -0.354 e. The molecule has 1 aromatic carbocycles. The average molecular weight is 414 g/mol. The highest BCUT2D eigenvalue weighted by molar-refractivity contribution is 7.17. The molecule has 1 aromatic heterocycles. The fourth-order valence-corrected chi connectivity index (χ4v) is 5.05. The highest BCUT2D eigenvalue weighted by Crippen LogP contribution is 2.31. The summed E-state index contributed by atoms with van der Waals surface area (Å²) in [6.45, 7) is 9.98. The topological polar surface area (TPSA) is 71.1 Å². The van der Waals surface area contributed by atoms with Gasteiger partial charge in [0.1, 0.15) is 9.88 Å². The summed E-state index contributed by atoms with van der Waals surface area (Å²) in [4.78, 5) is 30.6. The zero-order chi connectivity index (χ0) is 21.1. The minimum absolute atomic E-state index is 0.0234. The second kappa shape index (κ2) is 9.08. The number of carbonyl (C=O) groups is 2. The molecule has 1 saturated carbocycles. The van der Waals surface area contributed by atoms with Gasteiger partial charge in [-0.15, -0.1) is 11.3 Å². The van der Waals surface area contributed by atoms with E-state index in [9.17, 15) is 9.59 Å². The van der Waals surface area contributed by atoms with Crippen molar-refractivity contribution in [3.8, 4) is 10.6 Å². The first-order valence-electron chi connectivity index (χ1n) is 10.4. The second-order valence-corrected chi connectivity index (χ2v) is 9.45. The SMILES string of the molecule is Cc1ccc(-c2nc(C)c(C(=O)NC3CCCC(C(=O)NC(C)C)C3)s2)c(C)c1. The molecule has 6 heteroatoms. The first kappa shape index (κ1) is 21.5. The van der Waals surface area contributed by atoms with Crippen LogP contribution in [0.5, 0.6) is 0 Å². The fraction of sp³-hybridized carbons (Fsp3) is 0.522. The monoisotopic (exact) mass is 413 g/mol. The summed E-state index contributed by atoms with van der Waals surface area (Å²) in [5.74, 6) is 0.000705. The number of hydrogen-bond acceptors (Lipinski definition) is 4. The minimum atomic E-state index is -0.0778. The van der Waals surface area contributed by atoms with Gasteiger partial charge in [0.15, 0.2) is 0 Å². The molecule has 1 fully saturated rings. The zero-order valence-electron chi connectivity index (χ0n) is 18.0. The Morgan fingerprint density at radius 3 is 2.62 bits per heavy atom. The van der Waals surface area contributed by atoms with E-state index in [0.717, 1.165) is 41.1 Å². The van der Waals surface area contributed by atoms with Crippen molar-refractivity contribution in [2.45, 2.75) is 72.4 Å². The molecule has 1 aliphatic rings. The molecular formula is C23H31N3O2S. The Kier molecular flexibility index (Phi) is 6.73. The third-order valence-corrected chi connectivity index (χ3v) is 6.62. The Hall–Kier alpha value is -2.21. The molecule has 2 amide bonds. The van der Waals surface area contributed by atoms with Crippen molar-refractivity contribution >= 4 is 23.2 Å². The standard InChI is InChI=1S/C23H31N3O2S/c1-13(2)24-21(27)17-7-6-8-18(12-17)26-22(28)20-16(5)25-23(29-20)19-10-9-14(3)11-15(19)4/h9-11,13,17-18H,6-8,12H2,1-5H3,(H,24,27)(H,26,28). The molecular weight excluding hydrogens is 382 g/mol. The van der Waals surface area contributed by atoms with E-state index in [-0.39, 0.29) is 29.8 Å². The molecule has 3 rings (SSSR count). The molecule has 1 heterocycles. The Balaban J connectivity index is 1.69. The number of nitrogens with zero attached hydrogens (tertiary/aromatic N) is 1. The van der Waals surface area contributed by atoms with Gasteiger partial charge in [0.2, 0.25) is 5.91 Å². The van der Waals surface area contributed by atoms with Crippen LogP contribution in [0.3, 0.4) is 0 Å². The highest BCUT2D eigenvalue weighted by atomic mass is 32.1. The number of thiazole rings is 1. The first-order valence-corrected chi connectivity index (χ1v) is 11.2. The van der Waals surface area contributed by atoms with Crippen molar-refractivity contribution < 1.29 is 9.59 Å². The van der Waals surface area contributed by atoms with E-state index in [1.54, 1.807) is 0 Å². The zero-order valence-corrected chi connectivity index (χ0v) is 18.8. The average Bonchev–Trinajstić information content (AvgIpc) is 3.03. The summed E-state index contributed by atoms with van der Waals surface area (Å²) in [6, 6.07) is 6.45. The van der Waals surface area contributed by atoms with Crippen LogP contribution in [0, 0.1) is 26.7 Å². The van der Waals surface area contributed by atoms with Gasteiger partial charge in [0.05, 0.1) is 5.69 Å². The predicted octanol–water partition coefficient (Wildman–Crippen LogP) is 4.55. The van der Waals surface area contributed by atoms with Crippen molar-refractivity contribution in [1.82, 2.24) is 15.6 Å². The summed E-state index contributed by atoms with van der Waals surface area (Å²) in [5.41, 5.74) is 4.21. The summed E-state index contributed by atoms with van der Waals surface area (Å²) in [7, 11) is 0. The Bertz CT molecular complexity index is 904. The molecule has 2 atom stereocenters. The number of aromatic nitrogens is 1. The van der Waals surface area contributed by atoms with Gasteiger partial charge in [-0.2, -0.15) is 0 Å². The third-order valence-electron chi connectivity index (χ3n) is 5.43. The molecule has 5 nitrogen and oxygen atoms in total. The van der Waals surface area contributed by atoms with Gasteiger partial charge < -0.3 is 10.6 Å². The maximum atomic E-state index is 12.9. The second-order valence-electron chi connectivity index (χ2n) is 8.45. The lowest BCUT2D eigenvalue weighted by Gasteiger charge is -2.29. The molecule has 0 saturated heterocycles. The molecule has 29 heavy (non-hydrogen) atoms. The van der Waals surface area contributed by atoms with Crippen LogP contribution in [0.1, 0.15) is 66.0 Å². The van der Waals surface area contributed by atoms with Gasteiger partial charge in [0.25, 0.3) is 5.91 Å². The van der Waals surface area contributed by atoms with Crippen LogP contribution in [0.15, 0.2) is 18.2 Å². The Labute approximate surface area is 177 Å². The number of amides is 2. The Morgan fingerprint density at radius 2 is 1.93 bits per heavy atom. The maximum Gasteiger partial charge on any atom is 0.263 e. The number of hydrogen-bond donors (Lipinski definition) is 2. The van der Waals surface area contributed by atoms with Gasteiger partial charge >= 0.3 is 0 Å². The number of rotatable bonds is 5. The number of carbonyl (C=O) groups excluding carboxylic acids is 2. The largest absolute Gasteiger partial charge is 0.354 e. The number of benzene rings is 1. The van der Waals surface area contributed by atoms with Gasteiger partial charge in [-0.3, -0.25) is 9.59 Å². The van der Waals surface area contributed by atoms with Crippen LogP contribution in [0.25, 0.3) is 10.6 Å². The van der Waals surface area contributed by atoms with E-state index < -0.39 is 0 Å². The van der Waals surface area contributed by atoms with Crippen LogP contribution < -0.4 is 10.6 Å². The van der Waals surface area contributed by atoms with Crippen LogP contribution in [-0.4, -0.2) is 28.9 Å². The summed E-state index contributed by atoms with van der Waals surface area (Å²) in [6.07, 6.45) is 3.46. The van der Waals surface area contributed by atoms with E-state index in [4.69, 9.17) is 0 Å². The van der Waals surface area contributed by atoms with Gasteiger partial charge in [-0.25, -0.2) is 4.98 Å². The van der Waals surface area contributed by atoms with Crippen LogP contribution >= 0.6 is 11.3 Å². The van der Waals surface area contributed by atoms with Crippen molar-refractivity contribution in [3.63, 3.8) is 0 Å². The van der Waals surface area contributed by atoms with Crippen molar-refractivity contribution in [1.29, 1.82) is 0 Å². The van der Waals surface area contributed by atoms with Crippen LogP contribution in [-0.2, 0) is 4.79 Å². The molecule has 0 aliphatic heterocycles. The highest BCUT2D eigenvalue weighted by Gasteiger charge is 2.29. The van der Waals surface area contributed by atoms with Gasteiger partial charge in [-0.1, -0.05) is 30.2 Å². The number of aryl methyl sites for hydroxylation is 3. The summed E-state index contributed by atoms with van der Waals surface area (Å²) < 4.78 is 0. The van der Waals surface area contributed by atoms with E-state index in [1.165, 1.54) is 16.9 Å². The van der Waals surface area contributed by atoms with E-state index in [2.05, 4.69) is 47.7 Å². The number of nitrogens with one attached hydrogen (secondary N) is 2. The normalized spacial score (nSPS) is 19.2. The third kappa shape index (κ3) is 5.24. The van der Waals surface area contributed by atoms with Crippen LogP contribution in [0.4, 0.5) is 0 Å². The smallest absolute Gasteiger partial charge is 0.263 e. The predicted molar refractivity (Wildman–Crippen MR) is 118 cm³/mol. The van der Waals surface area contributed by atoms with Crippen LogP contribution in [0.2, 0.25) is 0 Å². The molecule has 2 unspecified atom stereocenters. The molecule has 1 aliphatic carbocycles. The van der Waals surface area contributed by atoms with Crippen molar-refractivity contribution in [2.75, 3.05) is 0 Å². The fourth-order valence-electron chi connectivity index (χ4n) is 3.99. The quantitative estimate of drug-likeness (QED) is 0.755. The van der Waals surface area contributed by atoms with Crippen molar-refractivity contribution in [2.24, 2.45) is 5.92 Å². The molecule has 156 valence electrons. The maximum absolute atomic E-state index is 12.9. The molecule has 2 N–H and O–H groups in total. The molecule has 0 radical (unpaired) electrons. The molecule has 2 aromatic rings. The first-order chi connectivity index (χ1) is 13.7. The van der Waals surface area contributed by atoms with Gasteiger partial charge in [0, 0.05) is 23.6 Å². The summed E-state index contributed by atoms with van der Waals surface area (Å²) in [5, 5.41) is 7.03. The van der Waals surface area contributed by atoms with Gasteiger partial charge in [-0.05, 0) is 59.4 Å². The Morgan fingerprint density at radius 1 is 1.17 bits per heavy atom. The lowest BCUT2D eigenvalue weighted by Crippen LogP contribution is -2.43. The summed E-state index contributed by atoms with van der Waals surface area (Å²) >= 11 is 1.44. The van der Waals surface area contributed by atoms with E-state index in [1.807, 2.05) is 20.8 Å².